The molecule has 3 N–H and O–H groups in total. The van der Waals surface area contributed by atoms with Crippen molar-refractivity contribution in [3.8, 4) is 0 Å². The first-order valence-electron chi connectivity index (χ1n) is 8.49. The van der Waals surface area contributed by atoms with Crippen molar-refractivity contribution in [2.24, 2.45) is 11.8 Å². The minimum Gasteiger partial charge on any atom is -0.396 e. The Morgan fingerprint density at radius 2 is 1.68 bits per heavy atom. The number of nitrogens with zero attached hydrogens (tertiary/aromatic N) is 2. The van der Waals surface area contributed by atoms with Crippen molar-refractivity contribution in [2.45, 2.75) is 33.2 Å². The second kappa shape index (κ2) is 10.0. The van der Waals surface area contributed by atoms with E-state index in [0.29, 0.717) is 31.0 Å². The number of carbonyl (C=O) groups excluding carboxylic acids is 1. The highest BCUT2D eigenvalue weighted by Gasteiger charge is 2.25. The molecule has 6 heteroatoms. The van der Waals surface area contributed by atoms with Gasteiger partial charge in [-0.3, -0.25) is 4.90 Å². The van der Waals surface area contributed by atoms with Crippen LogP contribution in [0.1, 0.15) is 27.2 Å². The maximum Gasteiger partial charge on any atom is 0.314 e. The molecule has 0 radical (unpaired) electrons. The molecule has 0 aromatic heterocycles. The van der Waals surface area contributed by atoms with Gasteiger partial charge in [0.05, 0.1) is 0 Å². The minimum atomic E-state index is -0.107. The van der Waals surface area contributed by atoms with Gasteiger partial charge in [0.25, 0.3) is 0 Å². The smallest absolute Gasteiger partial charge is 0.314 e. The molecular formula is C16H34N4O2. The summed E-state index contributed by atoms with van der Waals surface area (Å²) in [5, 5.41) is 14.8. The van der Waals surface area contributed by atoms with E-state index in [4.69, 9.17) is 5.11 Å². The van der Waals surface area contributed by atoms with Crippen molar-refractivity contribution >= 4 is 6.03 Å². The summed E-state index contributed by atoms with van der Waals surface area (Å²) in [7, 11) is 2.15. The number of rotatable bonds is 8. The number of aliphatic hydroxyl groups excluding tert-OH is 1. The maximum absolute atomic E-state index is 11.9. The molecule has 0 aromatic carbocycles. The van der Waals surface area contributed by atoms with Gasteiger partial charge in [-0.15, -0.1) is 0 Å². The third-order valence-corrected chi connectivity index (χ3v) is 4.48. The van der Waals surface area contributed by atoms with E-state index in [9.17, 15) is 4.79 Å². The first kappa shape index (κ1) is 19.2. The summed E-state index contributed by atoms with van der Waals surface area (Å²) < 4.78 is 0. The highest BCUT2D eigenvalue weighted by molar-refractivity contribution is 5.73. The molecule has 0 aliphatic carbocycles. The van der Waals surface area contributed by atoms with Gasteiger partial charge in [-0.05, 0) is 25.3 Å². The van der Waals surface area contributed by atoms with Gasteiger partial charge in [0, 0.05) is 51.9 Å². The molecule has 22 heavy (non-hydrogen) atoms. The second-order valence-electron chi connectivity index (χ2n) is 6.86. The number of aliphatic hydroxyl groups is 1. The topological polar surface area (TPSA) is 67.8 Å². The second-order valence-corrected chi connectivity index (χ2v) is 6.86. The Labute approximate surface area is 135 Å². The van der Waals surface area contributed by atoms with Gasteiger partial charge >= 0.3 is 6.03 Å². The van der Waals surface area contributed by atoms with Crippen molar-refractivity contribution in [1.82, 2.24) is 20.4 Å². The molecule has 1 aliphatic rings. The van der Waals surface area contributed by atoms with Crippen molar-refractivity contribution < 1.29 is 9.90 Å². The maximum atomic E-state index is 11.9. The molecule has 2 atom stereocenters. The lowest BCUT2D eigenvalue weighted by molar-refractivity contribution is 0.0887. The molecule has 130 valence electrons. The fraction of sp³-hybridized carbons (Fsp3) is 0.938. The van der Waals surface area contributed by atoms with Crippen LogP contribution in [0, 0.1) is 11.8 Å². The average Bonchev–Trinajstić information content (AvgIpc) is 2.47. The lowest BCUT2D eigenvalue weighted by Crippen LogP contribution is -2.55. The normalized spacial score (nSPS) is 19.9. The van der Waals surface area contributed by atoms with Gasteiger partial charge in [0.1, 0.15) is 0 Å². The van der Waals surface area contributed by atoms with Crippen LogP contribution in [0.2, 0.25) is 0 Å². The van der Waals surface area contributed by atoms with E-state index < -0.39 is 0 Å². The van der Waals surface area contributed by atoms with Crippen molar-refractivity contribution in [3.63, 3.8) is 0 Å². The molecular weight excluding hydrogens is 280 g/mol. The highest BCUT2D eigenvalue weighted by atomic mass is 16.3. The molecule has 0 saturated carbocycles. The highest BCUT2D eigenvalue weighted by Crippen LogP contribution is 2.12. The molecule has 1 fully saturated rings. The lowest BCUT2D eigenvalue weighted by atomic mass is 10.0. The summed E-state index contributed by atoms with van der Waals surface area (Å²) in [5.74, 6) is 0.811. The molecule has 1 aliphatic heterocycles. The van der Waals surface area contributed by atoms with Gasteiger partial charge in [0.15, 0.2) is 0 Å². The largest absolute Gasteiger partial charge is 0.396 e. The third kappa shape index (κ3) is 6.94. The summed E-state index contributed by atoms with van der Waals surface area (Å²) in [5.41, 5.74) is 0. The number of nitrogens with one attached hydrogen (secondary N) is 2. The van der Waals surface area contributed by atoms with E-state index in [1.165, 1.54) is 0 Å². The molecule has 2 amide bonds. The van der Waals surface area contributed by atoms with Crippen molar-refractivity contribution in [2.75, 3.05) is 52.9 Å². The molecule has 0 bridgehead atoms. The Morgan fingerprint density at radius 3 is 2.23 bits per heavy atom. The van der Waals surface area contributed by atoms with Gasteiger partial charge < -0.3 is 20.6 Å². The SMILES string of the molecule is CC(CCO)CNC(=O)NCC(C(C)C)N1CCN(C)CC1. The summed E-state index contributed by atoms with van der Waals surface area (Å²) in [6.45, 7) is 12.2. The van der Waals surface area contributed by atoms with Crippen molar-refractivity contribution in [3.05, 3.63) is 0 Å². The van der Waals surface area contributed by atoms with Crippen LogP contribution in [0.3, 0.4) is 0 Å². The Hall–Kier alpha value is -0.850. The Balaban J connectivity index is 2.33. The Bertz CT molecular complexity index is 317. The fourth-order valence-electron chi connectivity index (χ4n) is 2.79. The zero-order chi connectivity index (χ0) is 16.5. The third-order valence-electron chi connectivity index (χ3n) is 4.48. The first-order chi connectivity index (χ1) is 10.4. The number of likely N-dealkylation sites (N-methyl/N-ethyl adjacent to an activating group) is 1. The average molecular weight is 314 g/mol. The van der Waals surface area contributed by atoms with E-state index in [1.54, 1.807) is 0 Å². The van der Waals surface area contributed by atoms with Gasteiger partial charge in [-0.25, -0.2) is 4.79 Å². The Kier molecular flexibility index (Phi) is 8.75. The molecule has 0 aromatic rings. The zero-order valence-electron chi connectivity index (χ0n) is 14.6. The van der Waals surface area contributed by atoms with Crippen LogP contribution < -0.4 is 10.6 Å². The van der Waals surface area contributed by atoms with Gasteiger partial charge in [-0.2, -0.15) is 0 Å². The number of carbonyl (C=O) groups is 1. The predicted octanol–water partition coefficient (Wildman–Crippen LogP) is 0.576. The summed E-state index contributed by atoms with van der Waals surface area (Å²) >= 11 is 0. The van der Waals surface area contributed by atoms with E-state index >= 15 is 0 Å². The Morgan fingerprint density at radius 1 is 1.09 bits per heavy atom. The minimum absolute atomic E-state index is 0.107. The van der Waals surface area contributed by atoms with Crippen LogP contribution >= 0.6 is 0 Å². The van der Waals surface area contributed by atoms with E-state index in [2.05, 4.69) is 41.3 Å². The lowest BCUT2D eigenvalue weighted by Gasteiger charge is -2.39. The van der Waals surface area contributed by atoms with Crippen LogP contribution in [0.25, 0.3) is 0 Å². The molecule has 2 unspecified atom stereocenters. The van der Waals surface area contributed by atoms with Crippen LogP contribution in [0.5, 0.6) is 0 Å². The number of hydrogen-bond donors (Lipinski definition) is 3. The monoisotopic (exact) mass is 314 g/mol. The van der Waals surface area contributed by atoms with Crippen LogP contribution in [0.4, 0.5) is 4.79 Å². The quantitative estimate of drug-likeness (QED) is 0.613. The standard InChI is InChI=1S/C16H34N4O2/c1-13(2)15(20-8-6-19(4)7-9-20)12-18-16(22)17-11-14(3)5-10-21/h13-15,21H,5-12H2,1-4H3,(H2,17,18,22). The molecule has 1 saturated heterocycles. The van der Waals surface area contributed by atoms with E-state index in [1.807, 2.05) is 6.92 Å². The first-order valence-corrected chi connectivity index (χ1v) is 8.49. The predicted molar refractivity (Wildman–Crippen MR) is 90.0 cm³/mol. The van der Waals surface area contributed by atoms with Crippen molar-refractivity contribution in [1.29, 1.82) is 0 Å². The molecule has 6 nitrogen and oxygen atoms in total. The number of amides is 2. The van der Waals surface area contributed by atoms with Gasteiger partial charge in [-0.1, -0.05) is 20.8 Å². The van der Waals surface area contributed by atoms with Crippen LogP contribution in [0.15, 0.2) is 0 Å². The number of hydrogen-bond acceptors (Lipinski definition) is 4. The van der Waals surface area contributed by atoms with E-state index in [0.717, 1.165) is 32.6 Å². The summed E-state index contributed by atoms with van der Waals surface area (Å²) in [6, 6.07) is 0.277. The molecule has 1 heterocycles. The van der Waals surface area contributed by atoms with E-state index in [-0.39, 0.29) is 12.6 Å². The summed E-state index contributed by atoms with van der Waals surface area (Å²) in [4.78, 5) is 16.7. The molecule has 1 rings (SSSR count). The van der Waals surface area contributed by atoms with Crippen LogP contribution in [-0.4, -0.2) is 79.9 Å². The van der Waals surface area contributed by atoms with Crippen LogP contribution in [-0.2, 0) is 0 Å². The summed E-state index contributed by atoms with van der Waals surface area (Å²) in [6.07, 6.45) is 0.718. The zero-order valence-corrected chi connectivity index (χ0v) is 14.6. The number of urea groups is 1. The molecule has 0 spiro atoms. The number of piperazine rings is 1. The fourth-order valence-corrected chi connectivity index (χ4v) is 2.79. The van der Waals surface area contributed by atoms with Gasteiger partial charge in [0.2, 0.25) is 0 Å².